The average Bonchev–Trinajstić information content (AvgIpc) is 2.92. The fraction of sp³-hybridized carbons (Fsp3) is 0.375. The van der Waals surface area contributed by atoms with Crippen molar-refractivity contribution in [1.29, 1.82) is 0 Å². The summed E-state index contributed by atoms with van der Waals surface area (Å²) in [6.45, 7) is 6.24. The van der Waals surface area contributed by atoms with Crippen LogP contribution < -0.4 is 10.1 Å². The van der Waals surface area contributed by atoms with Crippen LogP contribution in [0.1, 0.15) is 30.9 Å². The Balaban J connectivity index is 1.93. The van der Waals surface area contributed by atoms with Gasteiger partial charge in [-0.2, -0.15) is 0 Å². The molecule has 0 aliphatic carbocycles. The molecule has 4 heteroatoms. The maximum atomic E-state index is 6.08. The molecule has 0 aliphatic heterocycles. The van der Waals surface area contributed by atoms with E-state index in [2.05, 4.69) is 19.2 Å². The Kier molecular flexibility index (Phi) is 5.50. The number of hydrogen-bond acceptors (Lipinski definition) is 3. The summed E-state index contributed by atoms with van der Waals surface area (Å²) in [4.78, 5) is 0. The Hall–Kier alpha value is -1.45. The molecule has 0 unspecified atom stereocenters. The zero-order chi connectivity index (χ0) is 14.4. The van der Waals surface area contributed by atoms with Gasteiger partial charge in [0.15, 0.2) is 0 Å². The lowest BCUT2D eigenvalue weighted by molar-refractivity contribution is 0.265. The molecular weight excluding hydrogens is 274 g/mol. The number of aryl methyl sites for hydroxylation is 1. The second-order valence-electron chi connectivity index (χ2n) is 4.54. The summed E-state index contributed by atoms with van der Waals surface area (Å²) >= 11 is 6.08. The van der Waals surface area contributed by atoms with Crippen molar-refractivity contribution in [2.75, 3.05) is 6.54 Å². The molecule has 1 N–H and O–H groups in total. The van der Waals surface area contributed by atoms with E-state index in [9.17, 15) is 0 Å². The molecule has 3 nitrogen and oxygen atoms in total. The minimum Gasteiger partial charge on any atom is -0.486 e. The minimum absolute atomic E-state index is 0.427. The molecule has 0 aliphatic rings. The third-order valence-corrected chi connectivity index (χ3v) is 3.41. The molecule has 0 spiro atoms. The SMILES string of the molecule is CCNCc1ccc(COc2ccc(Cl)c(CC)c2)o1. The van der Waals surface area contributed by atoms with Gasteiger partial charge in [0.1, 0.15) is 23.9 Å². The second-order valence-corrected chi connectivity index (χ2v) is 4.95. The Labute approximate surface area is 124 Å². The van der Waals surface area contributed by atoms with Crippen LogP contribution >= 0.6 is 11.6 Å². The molecule has 2 rings (SSSR count). The van der Waals surface area contributed by atoms with Gasteiger partial charge in [-0.05, 0) is 48.9 Å². The van der Waals surface area contributed by atoms with Gasteiger partial charge < -0.3 is 14.5 Å². The van der Waals surface area contributed by atoms with Gasteiger partial charge in [-0.1, -0.05) is 25.4 Å². The molecule has 0 radical (unpaired) electrons. The van der Waals surface area contributed by atoms with Gasteiger partial charge >= 0.3 is 0 Å². The topological polar surface area (TPSA) is 34.4 Å². The van der Waals surface area contributed by atoms with Crippen molar-refractivity contribution in [3.8, 4) is 5.75 Å². The molecule has 108 valence electrons. The quantitative estimate of drug-likeness (QED) is 0.831. The molecule has 0 fully saturated rings. The number of nitrogens with one attached hydrogen (secondary N) is 1. The van der Waals surface area contributed by atoms with Crippen LogP contribution in [0, 0.1) is 0 Å². The number of ether oxygens (including phenoxy) is 1. The van der Waals surface area contributed by atoms with Crippen LogP contribution in [-0.2, 0) is 19.6 Å². The molecule has 1 aromatic heterocycles. The molecule has 1 heterocycles. The first kappa shape index (κ1) is 14.9. The van der Waals surface area contributed by atoms with Crippen LogP contribution in [-0.4, -0.2) is 6.54 Å². The van der Waals surface area contributed by atoms with Crippen molar-refractivity contribution in [3.05, 3.63) is 52.4 Å². The lowest BCUT2D eigenvalue weighted by atomic mass is 10.1. The van der Waals surface area contributed by atoms with Crippen molar-refractivity contribution >= 4 is 11.6 Å². The summed E-state index contributed by atoms with van der Waals surface area (Å²) in [5, 5.41) is 4.01. The molecule has 0 atom stereocenters. The summed E-state index contributed by atoms with van der Waals surface area (Å²) < 4.78 is 11.4. The Bertz CT molecular complexity index is 551. The molecule has 0 saturated carbocycles. The monoisotopic (exact) mass is 293 g/mol. The molecular formula is C16H20ClNO2. The first-order chi connectivity index (χ1) is 9.72. The van der Waals surface area contributed by atoms with E-state index in [1.54, 1.807) is 0 Å². The minimum atomic E-state index is 0.427. The largest absolute Gasteiger partial charge is 0.486 e. The Morgan fingerprint density at radius 2 is 1.95 bits per heavy atom. The third-order valence-electron chi connectivity index (χ3n) is 3.05. The molecule has 0 saturated heterocycles. The van der Waals surface area contributed by atoms with E-state index in [0.717, 1.165) is 47.4 Å². The number of rotatable bonds is 7. The molecule has 0 amide bonds. The summed E-state index contributed by atoms with van der Waals surface area (Å²) in [6, 6.07) is 9.65. The van der Waals surface area contributed by atoms with E-state index >= 15 is 0 Å². The van der Waals surface area contributed by atoms with Crippen molar-refractivity contribution < 1.29 is 9.15 Å². The maximum Gasteiger partial charge on any atom is 0.146 e. The number of hydrogen-bond donors (Lipinski definition) is 1. The van der Waals surface area contributed by atoms with E-state index < -0.39 is 0 Å². The van der Waals surface area contributed by atoms with Crippen LogP contribution in [0.4, 0.5) is 0 Å². The van der Waals surface area contributed by atoms with Crippen molar-refractivity contribution in [2.45, 2.75) is 33.4 Å². The fourth-order valence-electron chi connectivity index (χ4n) is 1.91. The summed E-state index contributed by atoms with van der Waals surface area (Å²) in [7, 11) is 0. The van der Waals surface area contributed by atoms with Gasteiger partial charge in [-0.3, -0.25) is 0 Å². The van der Waals surface area contributed by atoms with Gasteiger partial charge in [-0.25, -0.2) is 0 Å². The van der Waals surface area contributed by atoms with Crippen LogP contribution in [0.5, 0.6) is 5.75 Å². The number of benzene rings is 1. The van der Waals surface area contributed by atoms with Crippen molar-refractivity contribution in [3.63, 3.8) is 0 Å². The lowest BCUT2D eigenvalue weighted by Crippen LogP contribution is -2.10. The summed E-state index contributed by atoms with van der Waals surface area (Å²) in [6.07, 6.45) is 0.892. The molecule has 1 aromatic carbocycles. The van der Waals surface area contributed by atoms with Crippen LogP contribution in [0.2, 0.25) is 5.02 Å². The first-order valence-electron chi connectivity index (χ1n) is 6.92. The normalized spacial score (nSPS) is 10.8. The summed E-state index contributed by atoms with van der Waals surface area (Å²) in [5.41, 5.74) is 1.09. The van der Waals surface area contributed by atoms with Gasteiger partial charge in [0, 0.05) is 5.02 Å². The second kappa shape index (κ2) is 7.36. The fourth-order valence-corrected chi connectivity index (χ4v) is 2.16. The van der Waals surface area contributed by atoms with E-state index in [1.165, 1.54) is 0 Å². The van der Waals surface area contributed by atoms with Gasteiger partial charge in [0.05, 0.1) is 6.54 Å². The van der Waals surface area contributed by atoms with Gasteiger partial charge in [0.2, 0.25) is 0 Å². The van der Waals surface area contributed by atoms with Crippen LogP contribution in [0.3, 0.4) is 0 Å². The standard InChI is InChI=1S/C16H20ClNO2/c1-3-12-9-13(7-8-16(12)17)19-11-15-6-5-14(20-15)10-18-4-2/h5-9,18H,3-4,10-11H2,1-2H3. The van der Waals surface area contributed by atoms with Crippen molar-refractivity contribution in [2.24, 2.45) is 0 Å². The average molecular weight is 294 g/mol. The number of furan rings is 1. The zero-order valence-electron chi connectivity index (χ0n) is 11.9. The van der Waals surface area contributed by atoms with Crippen LogP contribution in [0.25, 0.3) is 0 Å². The smallest absolute Gasteiger partial charge is 0.146 e. The highest BCUT2D eigenvalue weighted by Gasteiger charge is 2.05. The predicted molar refractivity (Wildman–Crippen MR) is 81.3 cm³/mol. The highest BCUT2D eigenvalue weighted by Crippen LogP contribution is 2.23. The molecule has 2 aromatic rings. The predicted octanol–water partition coefficient (Wildman–Crippen LogP) is 4.18. The van der Waals surface area contributed by atoms with E-state index in [-0.39, 0.29) is 0 Å². The van der Waals surface area contributed by atoms with E-state index in [1.807, 2.05) is 30.3 Å². The molecule has 0 bridgehead atoms. The summed E-state index contributed by atoms with van der Waals surface area (Å²) in [5.74, 6) is 2.57. The van der Waals surface area contributed by atoms with Gasteiger partial charge in [-0.15, -0.1) is 0 Å². The highest BCUT2D eigenvalue weighted by molar-refractivity contribution is 6.31. The highest BCUT2D eigenvalue weighted by atomic mass is 35.5. The lowest BCUT2D eigenvalue weighted by Gasteiger charge is -2.07. The van der Waals surface area contributed by atoms with E-state index in [0.29, 0.717) is 6.61 Å². The maximum absolute atomic E-state index is 6.08. The zero-order valence-corrected chi connectivity index (χ0v) is 12.7. The van der Waals surface area contributed by atoms with E-state index in [4.69, 9.17) is 20.8 Å². The molecule has 20 heavy (non-hydrogen) atoms. The first-order valence-corrected chi connectivity index (χ1v) is 7.30. The van der Waals surface area contributed by atoms with Crippen LogP contribution in [0.15, 0.2) is 34.7 Å². The third kappa shape index (κ3) is 4.02. The van der Waals surface area contributed by atoms with Gasteiger partial charge in [0.25, 0.3) is 0 Å². The van der Waals surface area contributed by atoms with Crippen molar-refractivity contribution in [1.82, 2.24) is 5.32 Å². The number of halogens is 1. The Morgan fingerprint density at radius 1 is 1.15 bits per heavy atom. The Morgan fingerprint density at radius 3 is 2.70 bits per heavy atom.